The first-order valence-electron chi connectivity index (χ1n) is 17.1. The predicted molar refractivity (Wildman–Crippen MR) is 176 cm³/mol. The molecule has 5 fully saturated rings. The number of phenols is 1. The van der Waals surface area contributed by atoms with Crippen molar-refractivity contribution < 1.29 is 15.0 Å². The number of phenolic OH excluding ortho intramolecular Hbond substituents is 1. The van der Waals surface area contributed by atoms with E-state index in [0.717, 1.165) is 89.2 Å². The van der Waals surface area contributed by atoms with E-state index >= 15 is 0 Å². The van der Waals surface area contributed by atoms with E-state index in [2.05, 4.69) is 37.3 Å². The third-order valence-electron chi connectivity index (χ3n) is 11.9. The normalized spacial score (nSPS) is 30.0. The summed E-state index contributed by atoms with van der Waals surface area (Å²) in [5.41, 5.74) is 10.1. The fourth-order valence-electron chi connectivity index (χ4n) is 9.25. The van der Waals surface area contributed by atoms with E-state index < -0.39 is 5.97 Å². The number of likely N-dealkylation sites (tertiary alicyclic amines) is 1. The van der Waals surface area contributed by atoms with Crippen LogP contribution >= 0.6 is 0 Å². The Kier molecular flexibility index (Phi) is 7.46. The number of anilines is 3. The number of rotatable bonds is 6. The molecular weight excluding hydrogens is 580 g/mol. The van der Waals surface area contributed by atoms with Gasteiger partial charge in [-0.3, -0.25) is 4.79 Å². The predicted octanol–water partition coefficient (Wildman–Crippen LogP) is 4.68. The number of para-hydroxylation sites is 1. The van der Waals surface area contributed by atoms with Gasteiger partial charge in [0, 0.05) is 49.2 Å². The standard InChI is InChI=1S/C35H44N8O3/c36-32-30(15-29(39-40-32)28-3-1-2-4-31(28)44)42-20-25-5-6-26(21-42)43(25)34-37-18-24(19-38-34)22-9-13-41(14-10-22)27-16-35(17-27)11-7-23(8-12-35)33(45)46/h1-4,15,18-19,22-23,25-27,44H,5-14,16-17,20-21H2,(H2,36,40)(H,45,46). The smallest absolute Gasteiger partial charge is 0.306 e. The SMILES string of the molecule is Nc1nnc(-c2ccccc2O)cc1N1CC2CCC(C1)N2c1ncc(C2CCN(C3CC4(CCC(C(=O)O)CC4)C3)CC2)cn1. The molecule has 2 aliphatic carbocycles. The van der Waals surface area contributed by atoms with Crippen LogP contribution in [0.25, 0.3) is 11.3 Å². The zero-order valence-corrected chi connectivity index (χ0v) is 26.3. The van der Waals surface area contributed by atoms with Gasteiger partial charge in [0.25, 0.3) is 0 Å². The maximum atomic E-state index is 11.4. The first-order chi connectivity index (χ1) is 22.4. The Morgan fingerprint density at radius 3 is 2.22 bits per heavy atom. The number of piperazine rings is 1. The van der Waals surface area contributed by atoms with E-state index in [1.807, 2.05) is 18.2 Å². The molecule has 1 aromatic carbocycles. The van der Waals surface area contributed by atoms with Gasteiger partial charge in [-0.1, -0.05) is 12.1 Å². The molecule has 5 heterocycles. The van der Waals surface area contributed by atoms with E-state index in [4.69, 9.17) is 15.7 Å². The van der Waals surface area contributed by atoms with Gasteiger partial charge in [-0.15, -0.1) is 10.2 Å². The van der Waals surface area contributed by atoms with Crippen LogP contribution < -0.4 is 15.5 Å². The van der Waals surface area contributed by atoms with E-state index in [9.17, 15) is 15.0 Å². The molecule has 2 saturated carbocycles. The highest BCUT2D eigenvalue weighted by molar-refractivity contribution is 5.74. The molecular formula is C35H44N8O3. The van der Waals surface area contributed by atoms with Crippen molar-refractivity contribution in [1.82, 2.24) is 25.1 Å². The number of benzene rings is 1. The summed E-state index contributed by atoms with van der Waals surface area (Å²) in [5.74, 6) is 1.17. The second kappa shape index (κ2) is 11.7. The molecule has 4 N–H and O–H groups in total. The molecule has 2 atom stereocenters. The van der Waals surface area contributed by atoms with Crippen molar-refractivity contribution in [3.63, 3.8) is 0 Å². The molecule has 1 spiro atoms. The number of aromatic hydroxyl groups is 1. The Morgan fingerprint density at radius 2 is 1.57 bits per heavy atom. The number of aromatic nitrogens is 4. The molecule has 242 valence electrons. The molecule has 3 saturated heterocycles. The lowest BCUT2D eigenvalue weighted by atomic mass is 9.56. The minimum Gasteiger partial charge on any atom is -0.507 e. The van der Waals surface area contributed by atoms with Crippen molar-refractivity contribution in [2.75, 3.05) is 41.7 Å². The van der Waals surface area contributed by atoms with Crippen molar-refractivity contribution in [2.24, 2.45) is 11.3 Å². The average molecular weight is 625 g/mol. The number of hydrogen-bond donors (Lipinski definition) is 3. The minimum absolute atomic E-state index is 0.122. The molecule has 0 amide bonds. The van der Waals surface area contributed by atoms with Crippen LogP contribution in [-0.2, 0) is 4.79 Å². The zero-order valence-electron chi connectivity index (χ0n) is 26.3. The van der Waals surface area contributed by atoms with Crippen molar-refractivity contribution in [3.8, 4) is 17.0 Å². The largest absolute Gasteiger partial charge is 0.507 e. The maximum Gasteiger partial charge on any atom is 0.306 e. The average Bonchev–Trinajstić information content (AvgIpc) is 3.33. The highest BCUT2D eigenvalue weighted by Crippen LogP contribution is 2.55. The zero-order chi connectivity index (χ0) is 31.4. The molecule has 5 aliphatic rings. The van der Waals surface area contributed by atoms with Gasteiger partial charge in [0.1, 0.15) is 5.75 Å². The van der Waals surface area contributed by atoms with Crippen LogP contribution in [0.1, 0.15) is 75.7 Å². The lowest BCUT2D eigenvalue weighted by Gasteiger charge is -2.55. The van der Waals surface area contributed by atoms with Crippen LogP contribution in [0, 0.1) is 11.3 Å². The van der Waals surface area contributed by atoms with Gasteiger partial charge in [0.05, 0.1) is 17.3 Å². The summed E-state index contributed by atoms with van der Waals surface area (Å²) in [6, 6.07) is 10.4. The van der Waals surface area contributed by atoms with Crippen molar-refractivity contribution >= 4 is 23.4 Å². The first kappa shape index (κ1) is 29.4. The summed E-state index contributed by atoms with van der Waals surface area (Å²) in [7, 11) is 0. The number of nitrogens with zero attached hydrogens (tertiary/aromatic N) is 7. The molecule has 2 bridgehead atoms. The molecule has 3 aliphatic heterocycles. The molecule has 8 rings (SSSR count). The van der Waals surface area contributed by atoms with Crippen molar-refractivity contribution in [3.05, 3.63) is 48.3 Å². The third kappa shape index (κ3) is 5.32. The summed E-state index contributed by atoms with van der Waals surface area (Å²) in [4.78, 5) is 28.6. The topological polar surface area (TPSA) is 145 Å². The third-order valence-corrected chi connectivity index (χ3v) is 11.9. The van der Waals surface area contributed by atoms with Gasteiger partial charge in [-0.2, -0.15) is 0 Å². The molecule has 46 heavy (non-hydrogen) atoms. The molecule has 11 nitrogen and oxygen atoms in total. The van der Waals surface area contributed by atoms with Crippen LogP contribution in [0.2, 0.25) is 0 Å². The van der Waals surface area contributed by atoms with E-state index in [1.165, 1.54) is 18.4 Å². The molecule has 0 radical (unpaired) electrons. The Balaban J connectivity index is 0.869. The second-order valence-electron chi connectivity index (χ2n) is 14.5. The van der Waals surface area contributed by atoms with Gasteiger partial charge in [-0.25, -0.2) is 9.97 Å². The molecule has 11 heteroatoms. The molecule has 2 aromatic heterocycles. The minimum atomic E-state index is -0.606. The number of carboxylic acids is 1. The van der Waals surface area contributed by atoms with Crippen LogP contribution in [0.4, 0.5) is 17.5 Å². The fraction of sp³-hybridized carbons (Fsp3) is 0.571. The number of carbonyl (C=O) groups is 1. The Labute approximate surface area is 269 Å². The Morgan fingerprint density at radius 1 is 0.891 bits per heavy atom. The van der Waals surface area contributed by atoms with Crippen LogP contribution in [0.15, 0.2) is 42.7 Å². The summed E-state index contributed by atoms with van der Waals surface area (Å²) in [5, 5.41) is 28.2. The highest BCUT2D eigenvalue weighted by atomic mass is 16.4. The first-order valence-corrected chi connectivity index (χ1v) is 17.1. The quantitative estimate of drug-likeness (QED) is 0.351. The second-order valence-corrected chi connectivity index (χ2v) is 14.5. The number of nitrogens with two attached hydrogens (primary N) is 1. The number of hydrogen-bond acceptors (Lipinski definition) is 10. The molecule has 2 unspecified atom stereocenters. The van der Waals surface area contributed by atoms with Crippen molar-refractivity contribution in [1.29, 1.82) is 0 Å². The lowest BCUT2D eigenvalue weighted by Crippen LogP contribution is -2.54. The maximum absolute atomic E-state index is 11.4. The lowest BCUT2D eigenvalue weighted by molar-refractivity contribution is -0.145. The number of aliphatic carboxylic acids is 1. The van der Waals surface area contributed by atoms with E-state index in [0.29, 0.717) is 46.5 Å². The summed E-state index contributed by atoms with van der Waals surface area (Å²) in [6.45, 7) is 3.85. The number of carboxylic acid groups (broad SMARTS) is 1. The number of nitrogen functional groups attached to an aromatic ring is 1. The van der Waals surface area contributed by atoms with E-state index in [-0.39, 0.29) is 11.7 Å². The summed E-state index contributed by atoms with van der Waals surface area (Å²) in [6.07, 6.45) is 15.0. The van der Waals surface area contributed by atoms with Crippen LogP contribution in [-0.4, -0.2) is 85.6 Å². The van der Waals surface area contributed by atoms with Gasteiger partial charge >= 0.3 is 5.97 Å². The van der Waals surface area contributed by atoms with Gasteiger partial charge in [0.2, 0.25) is 5.95 Å². The van der Waals surface area contributed by atoms with Gasteiger partial charge in [-0.05, 0) is 112 Å². The highest BCUT2D eigenvalue weighted by Gasteiger charge is 2.49. The van der Waals surface area contributed by atoms with E-state index in [1.54, 1.807) is 12.1 Å². The Hall–Kier alpha value is -3.99. The summed E-state index contributed by atoms with van der Waals surface area (Å²) >= 11 is 0. The van der Waals surface area contributed by atoms with Gasteiger partial charge < -0.3 is 30.6 Å². The van der Waals surface area contributed by atoms with Crippen molar-refractivity contribution in [2.45, 2.75) is 88.3 Å². The van der Waals surface area contributed by atoms with Crippen LogP contribution in [0.3, 0.4) is 0 Å². The molecule has 3 aromatic rings. The Bertz CT molecular complexity index is 1560. The number of fused-ring (bicyclic) bond motifs is 2. The number of piperidine rings is 1. The summed E-state index contributed by atoms with van der Waals surface area (Å²) < 4.78 is 0. The van der Waals surface area contributed by atoms with Crippen LogP contribution in [0.5, 0.6) is 5.75 Å². The van der Waals surface area contributed by atoms with Gasteiger partial charge in [0.15, 0.2) is 5.82 Å². The fourth-order valence-corrected chi connectivity index (χ4v) is 9.25. The monoisotopic (exact) mass is 624 g/mol.